The Morgan fingerprint density at radius 1 is 1.33 bits per heavy atom. The van der Waals surface area contributed by atoms with Crippen molar-refractivity contribution < 1.29 is 4.79 Å². The number of carbonyl (C=O) groups excluding carboxylic acids is 1. The predicted octanol–water partition coefficient (Wildman–Crippen LogP) is 1.94. The van der Waals surface area contributed by atoms with Crippen LogP contribution in [0.15, 0.2) is 36.7 Å². The normalized spacial score (nSPS) is 10.7. The summed E-state index contributed by atoms with van der Waals surface area (Å²) in [4.78, 5) is 19.5. The summed E-state index contributed by atoms with van der Waals surface area (Å²) in [6.45, 7) is 0.430. The summed E-state index contributed by atoms with van der Waals surface area (Å²) in [6.07, 6.45) is 3.27. The van der Waals surface area contributed by atoms with Crippen molar-refractivity contribution in [2.24, 2.45) is 0 Å². The monoisotopic (exact) mass is 299 g/mol. The molecule has 7 heteroatoms. The maximum Gasteiger partial charge on any atom is 0.266 e. The third kappa shape index (κ3) is 2.55. The second-order valence-corrected chi connectivity index (χ2v) is 5.58. The number of anilines is 1. The molecular formula is C14H13N5OS. The molecular weight excluding hydrogens is 286 g/mol. The minimum Gasteiger partial charge on any atom is -0.397 e. The Balaban J connectivity index is 1.88. The Bertz CT molecular complexity index is 786. The van der Waals surface area contributed by atoms with Crippen molar-refractivity contribution in [2.45, 2.75) is 6.54 Å². The van der Waals surface area contributed by atoms with Crippen LogP contribution in [0.3, 0.4) is 0 Å². The molecule has 0 aliphatic carbocycles. The average molecular weight is 299 g/mol. The first-order valence-corrected chi connectivity index (χ1v) is 7.13. The van der Waals surface area contributed by atoms with Crippen LogP contribution in [-0.2, 0) is 6.54 Å². The van der Waals surface area contributed by atoms with Gasteiger partial charge in [-0.15, -0.1) is 16.4 Å². The number of rotatable bonds is 3. The molecule has 0 saturated heterocycles. The van der Waals surface area contributed by atoms with E-state index in [1.54, 1.807) is 30.4 Å². The Morgan fingerprint density at radius 3 is 2.90 bits per heavy atom. The van der Waals surface area contributed by atoms with Crippen LogP contribution in [0.5, 0.6) is 0 Å². The molecule has 0 aliphatic heterocycles. The molecule has 6 nitrogen and oxygen atoms in total. The van der Waals surface area contributed by atoms with Crippen LogP contribution in [-0.4, -0.2) is 33.0 Å². The lowest BCUT2D eigenvalue weighted by molar-refractivity contribution is 0.0789. The van der Waals surface area contributed by atoms with Gasteiger partial charge in [0.2, 0.25) is 0 Å². The smallest absolute Gasteiger partial charge is 0.266 e. The number of hydrogen-bond acceptors (Lipinski definition) is 6. The van der Waals surface area contributed by atoms with Crippen molar-refractivity contribution in [2.75, 3.05) is 12.8 Å². The fourth-order valence-corrected chi connectivity index (χ4v) is 3.04. The molecule has 3 heterocycles. The standard InChI is InChI=1S/C14H13N5OS/c1-19(8-9-4-2-3-6-16-9)14(20)12-11(15)10-5-7-17-18-13(10)21-12/h2-7H,8,15H2,1H3. The Labute approximate surface area is 125 Å². The van der Waals surface area contributed by atoms with Crippen LogP contribution >= 0.6 is 11.3 Å². The average Bonchev–Trinajstić information content (AvgIpc) is 2.85. The number of nitrogens with two attached hydrogens (primary N) is 1. The number of pyridine rings is 1. The second-order valence-electron chi connectivity index (χ2n) is 4.58. The SMILES string of the molecule is CN(Cc1ccccn1)C(=O)c1sc2nnccc2c1N. The summed E-state index contributed by atoms with van der Waals surface area (Å²) >= 11 is 1.26. The van der Waals surface area contributed by atoms with Gasteiger partial charge in [0.25, 0.3) is 5.91 Å². The van der Waals surface area contributed by atoms with Crippen LogP contribution in [0.1, 0.15) is 15.4 Å². The zero-order valence-corrected chi connectivity index (χ0v) is 12.2. The van der Waals surface area contributed by atoms with Gasteiger partial charge in [0.15, 0.2) is 0 Å². The van der Waals surface area contributed by atoms with Crippen molar-refractivity contribution in [3.05, 3.63) is 47.2 Å². The number of fused-ring (bicyclic) bond motifs is 1. The van der Waals surface area contributed by atoms with E-state index in [2.05, 4.69) is 15.2 Å². The Kier molecular flexibility index (Phi) is 3.49. The quantitative estimate of drug-likeness (QED) is 0.799. The molecule has 0 unspecified atom stereocenters. The fraction of sp³-hybridized carbons (Fsp3) is 0.143. The summed E-state index contributed by atoms with van der Waals surface area (Å²) in [7, 11) is 1.73. The van der Waals surface area contributed by atoms with E-state index in [1.807, 2.05) is 18.2 Å². The molecule has 0 atom stereocenters. The molecule has 0 aliphatic rings. The number of carbonyl (C=O) groups is 1. The lowest BCUT2D eigenvalue weighted by Gasteiger charge is -2.16. The maximum absolute atomic E-state index is 12.5. The first-order valence-electron chi connectivity index (χ1n) is 6.32. The van der Waals surface area contributed by atoms with Gasteiger partial charge in [-0.05, 0) is 18.2 Å². The highest BCUT2D eigenvalue weighted by Crippen LogP contribution is 2.32. The summed E-state index contributed by atoms with van der Waals surface area (Å²) < 4.78 is 0. The molecule has 2 N–H and O–H groups in total. The van der Waals surface area contributed by atoms with E-state index in [0.717, 1.165) is 11.1 Å². The van der Waals surface area contributed by atoms with E-state index in [-0.39, 0.29) is 5.91 Å². The van der Waals surface area contributed by atoms with E-state index in [9.17, 15) is 4.79 Å². The van der Waals surface area contributed by atoms with E-state index < -0.39 is 0 Å². The minimum atomic E-state index is -0.138. The molecule has 21 heavy (non-hydrogen) atoms. The lowest BCUT2D eigenvalue weighted by Crippen LogP contribution is -2.26. The van der Waals surface area contributed by atoms with Crippen LogP contribution < -0.4 is 5.73 Å². The first-order chi connectivity index (χ1) is 10.2. The summed E-state index contributed by atoms with van der Waals surface area (Å²) in [5, 5.41) is 8.57. The van der Waals surface area contributed by atoms with E-state index >= 15 is 0 Å². The van der Waals surface area contributed by atoms with Gasteiger partial charge in [0.05, 0.1) is 24.1 Å². The van der Waals surface area contributed by atoms with Gasteiger partial charge in [-0.2, -0.15) is 5.10 Å². The zero-order chi connectivity index (χ0) is 14.8. The van der Waals surface area contributed by atoms with Crippen molar-refractivity contribution in [1.82, 2.24) is 20.1 Å². The number of nitrogens with zero attached hydrogens (tertiary/aromatic N) is 4. The molecule has 3 rings (SSSR count). The molecule has 0 radical (unpaired) electrons. The van der Waals surface area contributed by atoms with Crippen molar-refractivity contribution in [1.29, 1.82) is 0 Å². The Morgan fingerprint density at radius 2 is 2.19 bits per heavy atom. The maximum atomic E-state index is 12.5. The van der Waals surface area contributed by atoms with Crippen LogP contribution in [0.2, 0.25) is 0 Å². The van der Waals surface area contributed by atoms with E-state index in [1.165, 1.54) is 11.3 Å². The highest BCUT2D eigenvalue weighted by atomic mass is 32.1. The number of aromatic nitrogens is 3. The minimum absolute atomic E-state index is 0.138. The highest BCUT2D eigenvalue weighted by Gasteiger charge is 2.20. The van der Waals surface area contributed by atoms with Gasteiger partial charge >= 0.3 is 0 Å². The first kappa shape index (κ1) is 13.4. The van der Waals surface area contributed by atoms with Gasteiger partial charge < -0.3 is 10.6 Å². The molecule has 0 fully saturated rings. The molecule has 3 aromatic heterocycles. The van der Waals surface area contributed by atoms with Crippen molar-refractivity contribution >= 4 is 33.1 Å². The van der Waals surface area contributed by atoms with Crippen molar-refractivity contribution in [3.8, 4) is 0 Å². The largest absolute Gasteiger partial charge is 0.397 e. The lowest BCUT2D eigenvalue weighted by atomic mass is 10.2. The molecule has 0 bridgehead atoms. The number of thiophene rings is 1. The fourth-order valence-electron chi connectivity index (χ4n) is 2.01. The van der Waals surface area contributed by atoms with Gasteiger partial charge in [0.1, 0.15) is 9.71 Å². The van der Waals surface area contributed by atoms with Gasteiger partial charge in [-0.25, -0.2) is 0 Å². The molecule has 0 saturated carbocycles. The van der Waals surface area contributed by atoms with Gasteiger partial charge in [-0.1, -0.05) is 6.07 Å². The van der Waals surface area contributed by atoms with E-state index in [0.29, 0.717) is 21.9 Å². The molecule has 0 aromatic carbocycles. The molecule has 1 amide bonds. The topological polar surface area (TPSA) is 85.0 Å². The van der Waals surface area contributed by atoms with Gasteiger partial charge in [-0.3, -0.25) is 9.78 Å². The molecule has 3 aromatic rings. The van der Waals surface area contributed by atoms with Gasteiger partial charge in [0, 0.05) is 18.6 Å². The van der Waals surface area contributed by atoms with Crippen LogP contribution in [0, 0.1) is 0 Å². The number of amides is 1. The van der Waals surface area contributed by atoms with Crippen LogP contribution in [0.4, 0.5) is 5.69 Å². The number of hydrogen-bond donors (Lipinski definition) is 1. The third-order valence-corrected chi connectivity index (χ3v) is 4.18. The predicted molar refractivity (Wildman–Crippen MR) is 81.9 cm³/mol. The zero-order valence-electron chi connectivity index (χ0n) is 11.4. The van der Waals surface area contributed by atoms with Crippen molar-refractivity contribution in [3.63, 3.8) is 0 Å². The summed E-state index contributed by atoms with van der Waals surface area (Å²) in [5.74, 6) is -0.138. The summed E-state index contributed by atoms with van der Waals surface area (Å²) in [5.41, 5.74) is 7.34. The Hall–Kier alpha value is -2.54. The molecule has 0 spiro atoms. The highest BCUT2D eigenvalue weighted by molar-refractivity contribution is 7.21. The molecule has 106 valence electrons. The third-order valence-electron chi connectivity index (χ3n) is 3.09. The van der Waals surface area contributed by atoms with Crippen LogP contribution in [0.25, 0.3) is 10.2 Å². The van der Waals surface area contributed by atoms with E-state index in [4.69, 9.17) is 5.73 Å². The number of nitrogen functional groups attached to an aromatic ring is 1. The second kappa shape index (κ2) is 5.45. The summed E-state index contributed by atoms with van der Waals surface area (Å²) in [6, 6.07) is 7.38.